The first-order chi connectivity index (χ1) is 9.97. The van der Waals surface area contributed by atoms with E-state index in [0.29, 0.717) is 17.4 Å². The number of nitrogens with zero attached hydrogens (tertiary/aromatic N) is 2. The fourth-order valence-corrected chi connectivity index (χ4v) is 3.25. The number of carbonyl (C=O) groups excluding carboxylic acids is 1. The second-order valence-corrected chi connectivity index (χ2v) is 7.17. The molecule has 5 heteroatoms. The minimum Gasteiger partial charge on any atom is -0.340 e. The first kappa shape index (κ1) is 16.8. The molecule has 0 aliphatic carbocycles. The molecule has 1 aliphatic heterocycles. The average Bonchev–Trinajstić information content (AvgIpc) is 2.44. The van der Waals surface area contributed by atoms with Crippen LogP contribution in [0.5, 0.6) is 0 Å². The van der Waals surface area contributed by atoms with Crippen LogP contribution in [0.2, 0.25) is 5.02 Å². The number of halogens is 2. The molecule has 0 unspecified atom stereocenters. The molecule has 0 atom stereocenters. The molecule has 1 fully saturated rings. The fraction of sp³-hybridized carbons (Fsp3) is 0.562. The number of amides is 1. The van der Waals surface area contributed by atoms with E-state index in [4.69, 9.17) is 11.6 Å². The van der Waals surface area contributed by atoms with Gasteiger partial charge in [-0.15, -0.1) is 0 Å². The highest BCUT2D eigenvalue weighted by Gasteiger charge is 2.22. The van der Waals surface area contributed by atoms with Gasteiger partial charge in [-0.3, -0.25) is 9.69 Å². The number of rotatable bonds is 4. The third-order valence-corrected chi connectivity index (χ3v) is 5.20. The summed E-state index contributed by atoms with van der Waals surface area (Å²) in [6.07, 6.45) is 0.408. The lowest BCUT2D eigenvalue weighted by atomic mass is 10.1. The quantitative estimate of drug-likeness (QED) is 0.807. The van der Waals surface area contributed by atoms with Gasteiger partial charge in [-0.2, -0.15) is 0 Å². The average molecular weight is 374 g/mol. The molecule has 2 rings (SSSR count). The molecule has 0 spiro atoms. The summed E-state index contributed by atoms with van der Waals surface area (Å²) in [5, 5.41) is 0.655. The van der Waals surface area contributed by atoms with Crippen molar-refractivity contribution in [1.82, 2.24) is 9.80 Å². The largest absolute Gasteiger partial charge is 0.340 e. The SMILES string of the molecule is CC(C)CN1CCN(C(=O)Cc2cccc(Cl)c2Br)CC1. The zero-order chi connectivity index (χ0) is 15.4. The maximum Gasteiger partial charge on any atom is 0.227 e. The molecular formula is C16H22BrClN2O. The van der Waals surface area contributed by atoms with Gasteiger partial charge < -0.3 is 4.90 Å². The number of piperazine rings is 1. The van der Waals surface area contributed by atoms with Crippen LogP contribution in [0.3, 0.4) is 0 Å². The molecule has 116 valence electrons. The van der Waals surface area contributed by atoms with Crippen LogP contribution in [-0.4, -0.2) is 48.4 Å². The number of benzene rings is 1. The van der Waals surface area contributed by atoms with Gasteiger partial charge in [0, 0.05) is 37.2 Å². The van der Waals surface area contributed by atoms with Crippen molar-refractivity contribution in [2.45, 2.75) is 20.3 Å². The molecule has 0 N–H and O–H groups in total. The topological polar surface area (TPSA) is 23.6 Å². The van der Waals surface area contributed by atoms with Crippen molar-refractivity contribution in [1.29, 1.82) is 0 Å². The number of hydrogen-bond donors (Lipinski definition) is 0. The summed E-state index contributed by atoms with van der Waals surface area (Å²) in [7, 11) is 0. The summed E-state index contributed by atoms with van der Waals surface area (Å²) < 4.78 is 0.832. The van der Waals surface area contributed by atoms with Crippen molar-refractivity contribution in [3.8, 4) is 0 Å². The van der Waals surface area contributed by atoms with Gasteiger partial charge in [0.15, 0.2) is 0 Å². The van der Waals surface area contributed by atoms with Crippen LogP contribution in [0.25, 0.3) is 0 Å². The highest BCUT2D eigenvalue weighted by atomic mass is 79.9. The van der Waals surface area contributed by atoms with Crippen molar-refractivity contribution in [2.75, 3.05) is 32.7 Å². The van der Waals surface area contributed by atoms with Gasteiger partial charge >= 0.3 is 0 Å². The first-order valence-corrected chi connectivity index (χ1v) is 8.57. The zero-order valence-electron chi connectivity index (χ0n) is 12.6. The summed E-state index contributed by atoms with van der Waals surface area (Å²) in [6, 6.07) is 5.66. The van der Waals surface area contributed by atoms with Crippen LogP contribution in [0.1, 0.15) is 19.4 Å². The third kappa shape index (κ3) is 4.70. The van der Waals surface area contributed by atoms with E-state index in [-0.39, 0.29) is 5.91 Å². The van der Waals surface area contributed by atoms with Crippen molar-refractivity contribution in [3.63, 3.8) is 0 Å². The highest BCUT2D eigenvalue weighted by molar-refractivity contribution is 9.10. The molecule has 0 radical (unpaired) electrons. The Hall–Kier alpha value is -0.580. The molecule has 1 aromatic carbocycles. The van der Waals surface area contributed by atoms with Crippen LogP contribution in [-0.2, 0) is 11.2 Å². The molecule has 1 aromatic rings. The van der Waals surface area contributed by atoms with E-state index in [1.54, 1.807) is 0 Å². The van der Waals surface area contributed by atoms with E-state index in [1.165, 1.54) is 0 Å². The Kier molecular flexibility index (Phi) is 6.08. The first-order valence-electron chi connectivity index (χ1n) is 7.40. The summed E-state index contributed by atoms with van der Waals surface area (Å²) >= 11 is 9.53. The van der Waals surface area contributed by atoms with Crippen LogP contribution in [0.15, 0.2) is 22.7 Å². The molecule has 0 saturated carbocycles. The van der Waals surface area contributed by atoms with E-state index in [2.05, 4.69) is 34.7 Å². The molecule has 0 bridgehead atoms. The molecule has 1 amide bonds. The maximum absolute atomic E-state index is 12.4. The summed E-state index contributed by atoms with van der Waals surface area (Å²) in [4.78, 5) is 16.8. The smallest absolute Gasteiger partial charge is 0.227 e. The van der Waals surface area contributed by atoms with Crippen LogP contribution in [0.4, 0.5) is 0 Å². The van der Waals surface area contributed by atoms with E-state index in [1.807, 2.05) is 23.1 Å². The molecule has 1 aliphatic rings. The summed E-state index contributed by atoms with van der Waals surface area (Å²) in [6.45, 7) is 9.17. The van der Waals surface area contributed by atoms with Gasteiger partial charge in [0.1, 0.15) is 0 Å². The van der Waals surface area contributed by atoms with Crippen molar-refractivity contribution < 1.29 is 4.79 Å². The summed E-state index contributed by atoms with van der Waals surface area (Å²) in [5.74, 6) is 0.858. The predicted molar refractivity (Wildman–Crippen MR) is 90.7 cm³/mol. The Balaban J connectivity index is 1.89. The molecular weight excluding hydrogens is 352 g/mol. The molecule has 1 saturated heterocycles. The minimum absolute atomic E-state index is 0.183. The Labute approximate surface area is 140 Å². The van der Waals surface area contributed by atoms with E-state index < -0.39 is 0 Å². The lowest BCUT2D eigenvalue weighted by molar-refractivity contribution is -0.132. The molecule has 3 nitrogen and oxygen atoms in total. The normalized spacial score (nSPS) is 16.5. The van der Waals surface area contributed by atoms with Gasteiger partial charge in [-0.25, -0.2) is 0 Å². The minimum atomic E-state index is 0.183. The van der Waals surface area contributed by atoms with Gasteiger partial charge in [-0.1, -0.05) is 37.6 Å². The Morgan fingerprint density at radius 3 is 2.57 bits per heavy atom. The molecule has 1 heterocycles. The Bertz CT molecular complexity index is 499. The monoisotopic (exact) mass is 372 g/mol. The van der Waals surface area contributed by atoms with Gasteiger partial charge in [0.25, 0.3) is 0 Å². The maximum atomic E-state index is 12.4. The number of hydrogen-bond acceptors (Lipinski definition) is 2. The second-order valence-electron chi connectivity index (χ2n) is 5.96. The third-order valence-electron chi connectivity index (χ3n) is 3.72. The standard InChI is InChI=1S/C16H22BrClN2O/c1-12(2)11-19-6-8-20(9-7-19)15(21)10-13-4-3-5-14(18)16(13)17/h3-5,12H,6-11H2,1-2H3. The second kappa shape index (κ2) is 7.61. The molecule has 0 aromatic heterocycles. The van der Waals surface area contributed by atoms with Crippen LogP contribution in [0, 0.1) is 5.92 Å². The highest BCUT2D eigenvalue weighted by Crippen LogP contribution is 2.26. The van der Waals surface area contributed by atoms with E-state index in [0.717, 1.165) is 42.8 Å². The lowest BCUT2D eigenvalue weighted by Gasteiger charge is -2.35. The van der Waals surface area contributed by atoms with Crippen molar-refractivity contribution in [2.24, 2.45) is 5.92 Å². The number of carbonyl (C=O) groups is 1. The molecule has 21 heavy (non-hydrogen) atoms. The zero-order valence-corrected chi connectivity index (χ0v) is 15.0. The predicted octanol–water partition coefficient (Wildman–Crippen LogP) is 3.45. The van der Waals surface area contributed by atoms with Gasteiger partial charge in [-0.05, 0) is 33.5 Å². The van der Waals surface area contributed by atoms with Crippen LogP contribution < -0.4 is 0 Å². The van der Waals surface area contributed by atoms with Gasteiger partial charge in [0.2, 0.25) is 5.91 Å². The van der Waals surface area contributed by atoms with E-state index >= 15 is 0 Å². The van der Waals surface area contributed by atoms with E-state index in [9.17, 15) is 4.79 Å². The summed E-state index contributed by atoms with van der Waals surface area (Å²) in [5.41, 5.74) is 0.956. The Morgan fingerprint density at radius 1 is 1.29 bits per heavy atom. The fourth-order valence-electron chi connectivity index (χ4n) is 2.66. The van der Waals surface area contributed by atoms with Crippen molar-refractivity contribution in [3.05, 3.63) is 33.3 Å². The van der Waals surface area contributed by atoms with Crippen LogP contribution >= 0.6 is 27.5 Å². The lowest BCUT2D eigenvalue weighted by Crippen LogP contribution is -2.49. The van der Waals surface area contributed by atoms with Crippen molar-refractivity contribution >= 4 is 33.4 Å². The Morgan fingerprint density at radius 2 is 1.95 bits per heavy atom. The van der Waals surface area contributed by atoms with Gasteiger partial charge in [0.05, 0.1) is 11.4 Å².